The van der Waals surface area contributed by atoms with Crippen molar-refractivity contribution in [3.8, 4) is 28.2 Å². The zero-order valence-corrected chi connectivity index (χ0v) is 19.4. The molecule has 3 heteroatoms. The lowest BCUT2D eigenvalue weighted by atomic mass is 9.98. The number of hydrogen-bond donors (Lipinski definition) is 0. The molecule has 1 aliphatic carbocycles. The van der Waals surface area contributed by atoms with Gasteiger partial charge in [0.2, 0.25) is 0 Å². The third-order valence-corrected chi connectivity index (χ3v) is 7.42. The highest BCUT2D eigenvalue weighted by Gasteiger charge is 2.26. The summed E-state index contributed by atoms with van der Waals surface area (Å²) in [5.41, 5.74) is 14.9. The van der Waals surface area contributed by atoms with Crippen molar-refractivity contribution >= 4 is 5.52 Å². The van der Waals surface area contributed by atoms with E-state index in [9.17, 15) is 0 Å². The van der Waals surface area contributed by atoms with Crippen molar-refractivity contribution in [3.05, 3.63) is 101 Å². The Morgan fingerprint density at radius 2 is 1.56 bits per heavy atom. The number of fused-ring (bicyclic) bond motifs is 4. The molecule has 3 aromatic heterocycles. The van der Waals surface area contributed by atoms with Crippen LogP contribution in [0.1, 0.15) is 33.5 Å². The Morgan fingerprint density at radius 3 is 2.34 bits per heavy atom. The van der Waals surface area contributed by atoms with Crippen molar-refractivity contribution in [2.45, 2.75) is 34.1 Å². The molecule has 32 heavy (non-hydrogen) atoms. The van der Waals surface area contributed by atoms with Crippen molar-refractivity contribution in [1.82, 2.24) is 8.97 Å². The maximum Gasteiger partial charge on any atom is 0.294 e. The molecular formula is C29H28N3+. The lowest BCUT2D eigenvalue weighted by Crippen LogP contribution is -2.29. The highest BCUT2D eigenvalue weighted by molar-refractivity contribution is 5.83. The van der Waals surface area contributed by atoms with Gasteiger partial charge in [-0.25, -0.2) is 4.57 Å². The van der Waals surface area contributed by atoms with Gasteiger partial charge in [0.25, 0.3) is 5.82 Å². The fourth-order valence-corrected chi connectivity index (χ4v) is 5.40. The Hall–Kier alpha value is -3.59. The van der Waals surface area contributed by atoms with E-state index in [1.807, 2.05) is 0 Å². The molecule has 3 nitrogen and oxygen atoms in total. The number of imidazole rings is 1. The van der Waals surface area contributed by atoms with Crippen LogP contribution in [0.2, 0.25) is 0 Å². The fraction of sp³-hybridized carbons (Fsp3) is 0.207. The molecule has 0 atom stereocenters. The number of aromatic nitrogens is 3. The van der Waals surface area contributed by atoms with E-state index < -0.39 is 0 Å². The zero-order chi connectivity index (χ0) is 22.1. The molecule has 5 aromatic rings. The highest BCUT2D eigenvalue weighted by Crippen LogP contribution is 2.41. The predicted molar refractivity (Wildman–Crippen MR) is 131 cm³/mol. The summed E-state index contributed by atoms with van der Waals surface area (Å²) >= 11 is 0. The first-order chi connectivity index (χ1) is 15.4. The van der Waals surface area contributed by atoms with E-state index in [0.717, 1.165) is 6.42 Å². The summed E-state index contributed by atoms with van der Waals surface area (Å²) in [5.74, 6) is 1.20. The van der Waals surface area contributed by atoms with Gasteiger partial charge in [-0.3, -0.25) is 0 Å². The maximum absolute atomic E-state index is 2.41. The van der Waals surface area contributed by atoms with Crippen LogP contribution in [0.5, 0.6) is 0 Å². The molecule has 0 amide bonds. The number of benzene rings is 2. The Labute approximate surface area is 189 Å². The minimum atomic E-state index is 1.01. The number of nitrogens with zero attached hydrogens (tertiary/aromatic N) is 3. The molecular weight excluding hydrogens is 390 g/mol. The highest BCUT2D eigenvalue weighted by atomic mass is 15.1. The Kier molecular flexibility index (Phi) is 4.00. The summed E-state index contributed by atoms with van der Waals surface area (Å²) in [4.78, 5) is 0. The number of rotatable bonds is 2. The van der Waals surface area contributed by atoms with E-state index in [0.29, 0.717) is 0 Å². The van der Waals surface area contributed by atoms with Crippen LogP contribution in [0, 0.1) is 27.7 Å². The number of aryl methyl sites for hydroxylation is 4. The van der Waals surface area contributed by atoms with Gasteiger partial charge in [0.1, 0.15) is 18.1 Å². The van der Waals surface area contributed by atoms with Gasteiger partial charge >= 0.3 is 0 Å². The van der Waals surface area contributed by atoms with Crippen LogP contribution in [-0.4, -0.2) is 8.97 Å². The van der Waals surface area contributed by atoms with Gasteiger partial charge < -0.3 is 4.40 Å². The molecule has 0 bridgehead atoms. The summed E-state index contributed by atoms with van der Waals surface area (Å²) in [6, 6.07) is 17.8. The number of hydrogen-bond acceptors (Lipinski definition) is 0. The molecule has 0 radical (unpaired) electrons. The van der Waals surface area contributed by atoms with Gasteiger partial charge in [-0.2, -0.15) is 4.57 Å². The first kappa shape index (κ1) is 19.1. The summed E-state index contributed by atoms with van der Waals surface area (Å²) in [6.45, 7) is 8.94. The molecule has 0 saturated carbocycles. The number of para-hydroxylation sites is 1. The normalized spacial score (nSPS) is 12.4. The smallest absolute Gasteiger partial charge is 0.294 e. The molecule has 3 heterocycles. The molecule has 6 rings (SSSR count). The average molecular weight is 419 g/mol. The molecule has 1 aliphatic rings. The molecule has 0 spiro atoms. The summed E-state index contributed by atoms with van der Waals surface area (Å²) < 4.78 is 6.89. The maximum atomic E-state index is 2.41. The largest absolute Gasteiger partial charge is 0.320 e. The molecule has 0 N–H and O–H groups in total. The standard InChI is InChI=1S/C29H28N3/c1-18-13-22-14-23-15-28-20(3)19(2)21(4)32(28)17-27(23)26(22)16-25(18)29-30(5)11-12-31(29)24-9-7-6-8-10-24/h6-13,15-17H,14H2,1-5H3/q+1. The Balaban J connectivity index is 1.58. The van der Waals surface area contributed by atoms with Crippen LogP contribution in [0.15, 0.2) is 67.1 Å². The molecule has 158 valence electrons. The average Bonchev–Trinajstić information content (AvgIpc) is 3.41. The monoisotopic (exact) mass is 418 g/mol. The van der Waals surface area contributed by atoms with Gasteiger partial charge in [-0.1, -0.05) is 24.3 Å². The SMILES string of the molecule is Cc1cc2c(cc1-c1n(-c3ccccc3)cc[n+]1C)-c1cn3c(C)c(C)c(C)c3cc1C2. The van der Waals surface area contributed by atoms with Gasteiger partial charge in [0, 0.05) is 23.0 Å². The third kappa shape index (κ3) is 2.57. The summed E-state index contributed by atoms with van der Waals surface area (Å²) in [6.07, 6.45) is 7.67. The molecule has 0 aliphatic heterocycles. The second-order valence-corrected chi connectivity index (χ2v) is 9.24. The van der Waals surface area contributed by atoms with Crippen molar-refractivity contribution in [2.24, 2.45) is 7.05 Å². The van der Waals surface area contributed by atoms with Gasteiger partial charge in [0.05, 0.1) is 12.6 Å². The molecule has 0 unspecified atom stereocenters. The van der Waals surface area contributed by atoms with Crippen molar-refractivity contribution in [3.63, 3.8) is 0 Å². The summed E-state index contributed by atoms with van der Waals surface area (Å²) in [5, 5.41) is 0. The zero-order valence-electron chi connectivity index (χ0n) is 19.4. The Morgan fingerprint density at radius 1 is 0.812 bits per heavy atom. The van der Waals surface area contributed by atoms with Crippen LogP contribution < -0.4 is 4.57 Å². The van der Waals surface area contributed by atoms with E-state index in [1.165, 1.54) is 67.2 Å². The van der Waals surface area contributed by atoms with Crippen LogP contribution in [0.4, 0.5) is 0 Å². The lowest BCUT2D eigenvalue weighted by Gasteiger charge is -2.10. The third-order valence-electron chi connectivity index (χ3n) is 7.42. The first-order valence-corrected chi connectivity index (χ1v) is 11.3. The van der Waals surface area contributed by atoms with Gasteiger partial charge in [-0.05, 0) is 91.8 Å². The van der Waals surface area contributed by atoms with Crippen LogP contribution >= 0.6 is 0 Å². The van der Waals surface area contributed by atoms with Gasteiger partial charge in [0.15, 0.2) is 0 Å². The lowest BCUT2D eigenvalue weighted by molar-refractivity contribution is -0.659. The van der Waals surface area contributed by atoms with Crippen molar-refractivity contribution in [1.29, 1.82) is 0 Å². The number of pyridine rings is 1. The van der Waals surface area contributed by atoms with Crippen LogP contribution in [0.3, 0.4) is 0 Å². The van der Waals surface area contributed by atoms with E-state index in [4.69, 9.17) is 0 Å². The minimum absolute atomic E-state index is 1.01. The first-order valence-electron chi connectivity index (χ1n) is 11.3. The molecule has 0 fully saturated rings. The van der Waals surface area contributed by atoms with E-state index in [1.54, 1.807) is 0 Å². The second kappa shape index (κ2) is 6.70. The van der Waals surface area contributed by atoms with Crippen molar-refractivity contribution in [2.75, 3.05) is 0 Å². The molecule has 0 saturated heterocycles. The van der Waals surface area contributed by atoms with E-state index >= 15 is 0 Å². The topological polar surface area (TPSA) is 13.2 Å². The van der Waals surface area contributed by atoms with E-state index in [2.05, 4.69) is 115 Å². The molecule has 2 aromatic carbocycles. The van der Waals surface area contributed by atoms with Crippen LogP contribution in [0.25, 0.3) is 33.7 Å². The minimum Gasteiger partial charge on any atom is -0.320 e. The van der Waals surface area contributed by atoms with E-state index in [-0.39, 0.29) is 0 Å². The van der Waals surface area contributed by atoms with Crippen molar-refractivity contribution < 1.29 is 4.57 Å². The van der Waals surface area contributed by atoms with Crippen LogP contribution in [-0.2, 0) is 13.5 Å². The fourth-order valence-electron chi connectivity index (χ4n) is 5.40. The Bertz CT molecular complexity index is 1530. The quantitative estimate of drug-likeness (QED) is 0.305. The van der Waals surface area contributed by atoms with Gasteiger partial charge in [-0.15, -0.1) is 0 Å². The predicted octanol–water partition coefficient (Wildman–Crippen LogP) is 6.03. The second-order valence-electron chi connectivity index (χ2n) is 9.24. The summed E-state index contributed by atoms with van der Waals surface area (Å²) in [7, 11) is 2.13.